The fourth-order valence-corrected chi connectivity index (χ4v) is 3.61. The maximum atomic E-state index is 14.0. The highest BCUT2D eigenvalue weighted by atomic mass is 127. The lowest BCUT2D eigenvalue weighted by Gasteiger charge is -2.21. The summed E-state index contributed by atoms with van der Waals surface area (Å²) >= 11 is 0. The second kappa shape index (κ2) is 11.6. The Labute approximate surface area is 198 Å². The number of nitrogens with one attached hydrogen (secondary N) is 2. The molecule has 1 fully saturated rings. The molecule has 0 saturated carbocycles. The average Bonchev–Trinajstić information content (AvgIpc) is 3.15. The van der Waals surface area contributed by atoms with Gasteiger partial charge in [0.15, 0.2) is 5.96 Å². The molecule has 0 spiro atoms. The van der Waals surface area contributed by atoms with E-state index in [1.165, 1.54) is 18.2 Å². The van der Waals surface area contributed by atoms with Gasteiger partial charge in [0.25, 0.3) is 0 Å². The van der Waals surface area contributed by atoms with Crippen molar-refractivity contribution in [3.8, 4) is 0 Å². The smallest absolute Gasteiger partial charge is 0.191 e. The van der Waals surface area contributed by atoms with Crippen molar-refractivity contribution in [2.75, 3.05) is 39.1 Å². The highest BCUT2D eigenvalue weighted by molar-refractivity contribution is 14.0. The van der Waals surface area contributed by atoms with E-state index in [2.05, 4.69) is 15.6 Å². The number of hydrogen-bond donors (Lipinski definition) is 2. The molecule has 0 bridgehead atoms. The molecular weight excluding hydrogens is 518 g/mol. The van der Waals surface area contributed by atoms with E-state index in [9.17, 15) is 13.2 Å². The Bertz CT molecular complexity index is 907. The van der Waals surface area contributed by atoms with Gasteiger partial charge in [-0.2, -0.15) is 0 Å². The highest BCUT2D eigenvalue weighted by Gasteiger charge is 2.25. The minimum absolute atomic E-state index is 0. The fourth-order valence-electron chi connectivity index (χ4n) is 3.61. The Morgan fingerprint density at radius 3 is 2.58 bits per heavy atom. The van der Waals surface area contributed by atoms with Crippen molar-refractivity contribution in [2.24, 2.45) is 4.99 Å². The van der Waals surface area contributed by atoms with Gasteiger partial charge in [-0.05, 0) is 50.3 Å². The van der Waals surface area contributed by atoms with E-state index in [1.807, 2.05) is 30.0 Å². The van der Waals surface area contributed by atoms with Crippen molar-refractivity contribution in [1.82, 2.24) is 15.5 Å². The Morgan fingerprint density at radius 2 is 1.90 bits per heavy atom. The Balaban J connectivity index is 0.00000341. The number of aliphatic imine (C=N–C) groups is 1. The van der Waals surface area contributed by atoms with Crippen LogP contribution in [0.4, 0.5) is 18.9 Å². The number of guanidine groups is 1. The highest BCUT2D eigenvalue weighted by Crippen LogP contribution is 2.24. The first kappa shape index (κ1) is 25.3. The topological polar surface area (TPSA) is 42.9 Å². The van der Waals surface area contributed by atoms with Gasteiger partial charge in [0.1, 0.15) is 17.5 Å². The summed E-state index contributed by atoms with van der Waals surface area (Å²) in [6, 6.07) is 8.82. The number of rotatable bonds is 6. The summed E-state index contributed by atoms with van der Waals surface area (Å²) in [6.45, 7) is 2.30. The second-order valence-electron chi connectivity index (χ2n) is 7.76. The van der Waals surface area contributed by atoms with Crippen LogP contribution in [0, 0.1) is 17.5 Å². The van der Waals surface area contributed by atoms with Gasteiger partial charge in [-0.3, -0.25) is 4.99 Å². The molecule has 2 N–H and O–H groups in total. The van der Waals surface area contributed by atoms with E-state index >= 15 is 0 Å². The van der Waals surface area contributed by atoms with Crippen LogP contribution >= 0.6 is 24.0 Å². The van der Waals surface area contributed by atoms with Crippen LogP contribution in [0.2, 0.25) is 0 Å². The molecule has 5 nitrogen and oxygen atoms in total. The summed E-state index contributed by atoms with van der Waals surface area (Å²) < 4.78 is 41.1. The predicted molar refractivity (Wildman–Crippen MR) is 130 cm³/mol. The van der Waals surface area contributed by atoms with Crippen LogP contribution in [0.5, 0.6) is 0 Å². The Morgan fingerprint density at radius 1 is 1.13 bits per heavy atom. The lowest BCUT2D eigenvalue weighted by atomic mass is 10.1. The van der Waals surface area contributed by atoms with Crippen LogP contribution in [-0.4, -0.2) is 51.1 Å². The number of halogens is 4. The van der Waals surface area contributed by atoms with Crippen molar-refractivity contribution >= 4 is 35.6 Å². The molecule has 170 valence electrons. The summed E-state index contributed by atoms with van der Waals surface area (Å²) in [6.07, 6.45) is 0.807. The van der Waals surface area contributed by atoms with E-state index in [0.29, 0.717) is 43.4 Å². The SMILES string of the molecule is CN=C(NCc1ccc(F)c(CN(C)C)c1)NC1CCN(c2ccc(F)cc2F)C1.I. The first-order chi connectivity index (χ1) is 14.4. The molecule has 1 unspecified atom stereocenters. The first-order valence-corrected chi connectivity index (χ1v) is 9.95. The van der Waals surface area contributed by atoms with Gasteiger partial charge in [0.2, 0.25) is 0 Å². The van der Waals surface area contributed by atoms with E-state index in [0.717, 1.165) is 18.1 Å². The standard InChI is InChI=1S/C22H28F3N5.HI/c1-26-22(27-12-15-4-6-19(24)16(10-15)13-29(2)3)28-18-8-9-30(14-18)21-7-5-17(23)11-20(21)25;/h4-7,10-11,18H,8-9,12-14H2,1-3H3,(H2,26,27,28);1H. The minimum atomic E-state index is -0.579. The molecule has 1 atom stereocenters. The summed E-state index contributed by atoms with van der Waals surface area (Å²) in [5.74, 6) is -0.721. The van der Waals surface area contributed by atoms with Crippen LogP contribution < -0.4 is 15.5 Å². The zero-order valence-corrected chi connectivity index (χ0v) is 20.3. The maximum absolute atomic E-state index is 14.0. The molecular formula is C22H29F3IN5. The summed E-state index contributed by atoms with van der Waals surface area (Å²) in [5.41, 5.74) is 2.01. The molecule has 2 aromatic rings. The normalized spacial score (nSPS) is 16.4. The first-order valence-electron chi connectivity index (χ1n) is 9.95. The Kier molecular flexibility index (Phi) is 9.42. The molecule has 1 saturated heterocycles. The largest absolute Gasteiger partial charge is 0.367 e. The third kappa shape index (κ3) is 6.99. The van der Waals surface area contributed by atoms with E-state index < -0.39 is 11.6 Å². The molecule has 1 aliphatic rings. The van der Waals surface area contributed by atoms with Crippen molar-refractivity contribution in [1.29, 1.82) is 0 Å². The second-order valence-corrected chi connectivity index (χ2v) is 7.76. The minimum Gasteiger partial charge on any atom is -0.367 e. The molecule has 1 aliphatic heterocycles. The number of hydrogen-bond acceptors (Lipinski definition) is 3. The lowest BCUT2D eigenvalue weighted by Crippen LogP contribution is -2.44. The molecule has 0 aromatic heterocycles. The summed E-state index contributed by atoms with van der Waals surface area (Å²) in [5, 5.41) is 6.59. The molecule has 3 rings (SSSR count). The van der Waals surface area contributed by atoms with E-state index in [-0.39, 0.29) is 35.8 Å². The number of anilines is 1. The van der Waals surface area contributed by atoms with Gasteiger partial charge in [0, 0.05) is 50.9 Å². The van der Waals surface area contributed by atoms with Crippen LogP contribution in [0.15, 0.2) is 41.4 Å². The summed E-state index contributed by atoms with van der Waals surface area (Å²) in [7, 11) is 5.49. The molecule has 1 heterocycles. The van der Waals surface area contributed by atoms with Gasteiger partial charge in [-0.15, -0.1) is 24.0 Å². The van der Waals surface area contributed by atoms with Crippen LogP contribution in [-0.2, 0) is 13.1 Å². The molecule has 9 heteroatoms. The fraction of sp³-hybridized carbons (Fsp3) is 0.409. The van der Waals surface area contributed by atoms with Crippen molar-refractivity contribution in [2.45, 2.75) is 25.6 Å². The van der Waals surface area contributed by atoms with Crippen molar-refractivity contribution in [3.63, 3.8) is 0 Å². The molecule has 0 radical (unpaired) electrons. The van der Waals surface area contributed by atoms with Gasteiger partial charge in [-0.25, -0.2) is 13.2 Å². The zero-order chi connectivity index (χ0) is 21.7. The third-order valence-electron chi connectivity index (χ3n) is 5.06. The average molecular weight is 547 g/mol. The molecule has 2 aromatic carbocycles. The molecule has 31 heavy (non-hydrogen) atoms. The monoisotopic (exact) mass is 547 g/mol. The van der Waals surface area contributed by atoms with Crippen molar-refractivity contribution < 1.29 is 13.2 Å². The van der Waals surface area contributed by atoms with Crippen LogP contribution in [0.25, 0.3) is 0 Å². The van der Waals surface area contributed by atoms with Crippen molar-refractivity contribution in [3.05, 3.63) is 65.0 Å². The number of benzene rings is 2. The van der Waals surface area contributed by atoms with Gasteiger partial charge in [-0.1, -0.05) is 6.07 Å². The Hall–Kier alpha value is -2.01. The predicted octanol–water partition coefficient (Wildman–Crippen LogP) is 3.73. The van der Waals surface area contributed by atoms with E-state index in [4.69, 9.17) is 0 Å². The summed E-state index contributed by atoms with van der Waals surface area (Å²) in [4.78, 5) is 8.07. The van der Waals surface area contributed by atoms with Crippen LogP contribution in [0.3, 0.4) is 0 Å². The quantitative estimate of drug-likeness (QED) is 0.329. The van der Waals surface area contributed by atoms with Gasteiger partial charge >= 0.3 is 0 Å². The lowest BCUT2D eigenvalue weighted by molar-refractivity contribution is 0.392. The zero-order valence-electron chi connectivity index (χ0n) is 18.0. The maximum Gasteiger partial charge on any atom is 0.191 e. The molecule has 0 aliphatic carbocycles. The third-order valence-corrected chi connectivity index (χ3v) is 5.06. The van der Waals surface area contributed by atoms with Crippen LogP contribution in [0.1, 0.15) is 17.5 Å². The molecule has 0 amide bonds. The van der Waals surface area contributed by atoms with Gasteiger partial charge in [0.05, 0.1) is 5.69 Å². The van der Waals surface area contributed by atoms with E-state index in [1.54, 1.807) is 13.1 Å². The number of nitrogens with zero attached hydrogens (tertiary/aromatic N) is 3. The van der Waals surface area contributed by atoms with Gasteiger partial charge < -0.3 is 20.4 Å².